The first-order valence-electron chi connectivity index (χ1n) is 12.4. The Bertz CT molecular complexity index is 1320. The third kappa shape index (κ3) is 4.95. The van der Waals surface area contributed by atoms with E-state index >= 15 is 4.39 Å². The number of benzene rings is 1. The Hall–Kier alpha value is -3.73. The number of amides is 2. The van der Waals surface area contributed by atoms with E-state index in [2.05, 4.69) is 30.4 Å². The molecule has 37 heavy (non-hydrogen) atoms. The third-order valence-corrected chi connectivity index (χ3v) is 6.99. The van der Waals surface area contributed by atoms with E-state index in [1.165, 1.54) is 6.07 Å². The van der Waals surface area contributed by atoms with Crippen molar-refractivity contribution in [1.82, 2.24) is 20.2 Å². The molecule has 196 valence electrons. The second kappa shape index (κ2) is 10.3. The van der Waals surface area contributed by atoms with Gasteiger partial charge in [-0.3, -0.25) is 4.98 Å². The maximum atomic E-state index is 15.2. The maximum absolute atomic E-state index is 15.2. The van der Waals surface area contributed by atoms with Gasteiger partial charge >= 0.3 is 6.03 Å². The summed E-state index contributed by atoms with van der Waals surface area (Å²) in [6.07, 6.45) is 3.48. The Morgan fingerprint density at radius 1 is 1.08 bits per heavy atom. The summed E-state index contributed by atoms with van der Waals surface area (Å²) >= 11 is 0. The molecule has 11 heteroatoms. The van der Waals surface area contributed by atoms with Gasteiger partial charge in [0.05, 0.1) is 53.6 Å². The minimum Gasteiger partial charge on any atom is -0.378 e. The van der Waals surface area contributed by atoms with Gasteiger partial charge < -0.3 is 30.1 Å². The number of urea groups is 1. The molecular formula is C26H31F2N7O2. The van der Waals surface area contributed by atoms with Gasteiger partial charge in [0.25, 0.3) is 0 Å². The molecule has 0 aliphatic carbocycles. The van der Waals surface area contributed by atoms with Crippen LogP contribution in [-0.2, 0) is 4.74 Å². The van der Waals surface area contributed by atoms with Crippen molar-refractivity contribution in [2.75, 3.05) is 68.1 Å². The molecule has 2 N–H and O–H groups in total. The smallest absolute Gasteiger partial charge is 0.317 e. The van der Waals surface area contributed by atoms with Crippen LogP contribution in [0.2, 0.25) is 0 Å². The Balaban J connectivity index is 1.54. The summed E-state index contributed by atoms with van der Waals surface area (Å²) in [6.45, 7) is 8.27. The van der Waals surface area contributed by atoms with Gasteiger partial charge in [0.15, 0.2) is 0 Å². The van der Waals surface area contributed by atoms with Crippen LogP contribution in [0, 0.1) is 18.6 Å². The number of anilines is 4. The van der Waals surface area contributed by atoms with Crippen molar-refractivity contribution in [3.05, 3.63) is 47.8 Å². The molecule has 9 nitrogen and oxygen atoms in total. The maximum Gasteiger partial charge on any atom is 0.317 e. The quantitative estimate of drug-likeness (QED) is 0.553. The number of hydrogen-bond acceptors (Lipinski definition) is 7. The number of carbonyl (C=O) groups excluding carboxylic acids is 1. The van der Waals surface area contributed by atoms with Gasteiger partial charge in [0.1, 0.15) is 17.5 Å². The zero-order valence-electron chi connectivity index (χ0n) is 21.2. The third-order valence-electron chi connectivity index (χ3n) is 6.99. The number of nitrogens with zero attached hydrogens (tertiary/aromatic N) is 5. The summed E-state index contributed by atoms with van der Waals surface area (Å²) in [6, 6.07) is 3.89. The van der Waals surface area contributed by atoms with E-state index in [4.69, 9.17) is 4.74 Å². The van der Waals surface area contributed by atoms with E-state index in [-0.39, 0.29) is 23.0 Å². The largest absolute Gasteiger partial charge is 0.378 e. The van der Waals surface area contributed by atoms with E-state index in [1.54, 1.807) is 24.3 Å². The van der Waals surface area contributed by atoms with Crippen LogP contribution in [0.25, 0.3) is 10.9 Å². The second-order valence-corrected chi connectivity index (χ2v) is 9.42. The zero-order valence-corrected chi connectivity index (χ0v) is 21.2. The predicted octanol–water partition coefficient (Wildman–Crippen LogP) is 3.65. The normalized spacial score (nSPS) is 18.3. The van der Waals surface area contributed by atoms with Gasteiger partial charge in [-0.2, -0.15) is 0 Å². The van der Waals surface area contributed by atoms with Gasteiger partial charge in [-0.05, 0) is 19.9 Å². The lowest BCUT2D eigenvalue weighted by Crippen LogP contribution is -2.56. The SMILES string of the molecule is CNC(=O)N1CCN(c2nc3cc(F)cc(F)c3c(Nc3cncc(N4CCOCC4)c3)c2C)C[C@@H]1C. The molecular weight excluding hydrogens is 480 g/mol. The molecule has 2 aliphatic rings. The molecule has 0 saturated carbocycles. The number of piperazine rings is 1. The second-order valence-electron chi connectivity index (χ2n) is 9.42. The number of pyridine rings is 2. The number of ether oxygens (including phenoxy) is 1. The first-order chi connectivity index (χ1) is 17.9. The molecule has 0 bridgehead atoms. The van der Waals surface area contributed by atoms with Crippen LogP contribution in [0.1, 0.15) is 12.5 Å². The molecule has 1 atom stereocenters. The Morgan fingerprint density at radius 2 is 1.86 bits per heavy atom. The van der Waals surface area contributed by atoms with Crippen molar-refractivity contribution in [1.29, 1.82) is 0 Å². The van der Waals surface area contributed by atoms with E-state index in [0.29, 0.717) is 50.0 Å². The highest BCUT2D eigenvalue weighted by Crippen LogP contribution is 2.37. The highest BCUT2D eigenvalue weighted by atomic mass is 19.1. The summed E-state index contributed by atoms with van der Waals surface area (Å²) < 4.78 is 34.8. The number of nitrogens with one attached hydrogen (secondary N) is 2. The van der Waals surface area contributed by atoms with Crippen LogP contribution in [0.4, 0.5) is 36.5 Å². The fraction of sp³-hybridized carbons (Fsp3) is 0.423. The lowest BCUT2D eigenvalue weighted by Gasteiger charge is -2.40. The molecule has 2 fully saturated rings. The predicted molar refractivity (Wildman–Crippen MR) is 140 cm³/mol. The average Bonchev–Trinajstić information content (AvgIpc) is 2.90. The highest BCUT2D eigenvalue weighted by molar-refractivity contribution is 5.98. The Kier molecular flexibility index (Phi) is 6.96. The number of fused-ring (bicyclic) bond motifs is 1. The van der Waals surface area contributed by atoms with Crippen LogP contribution < -0.4 is 20.4 Å². The lowest BCUT2D eigenvalue weighted by atomic mass is 10.1. The van der Waals surface area contributed by atoms with E-state index in [0.717, 1.165) is 30.4 Å². The minimum atomic E-state index is -0.688. The number of halogens is 2. The van der Waals surface area contributed by atoms with Crippen molar-refractivity contribution in [3.63, 3.8) is 0 Å². The number of hydrogen-bond donors (Lipinski definition) is 2. The van der Waals surface area contributed by atoms with E-state index in [9.17, 15) is 9.18 Å². The fourth-order valence-corrected chi connectivity index (χ4v) is 5.09. The number of carbonyl (C=O) groups is 1. The molecule has 2 amide bonds. The molecule has 1 aromatic carbocycles. The Labute approximate surface area is 214 Å². The molecule has 0 unspecified atom stereocenters. The lowest BCUT2D eigenvalue weighted by molar-refractivity contribution is 0.122. The topological polar surface area (TPSA) is 85.9 Å². The fourth-order valence-electron chi connectivity index (χ4n) is 5.09. The van der Waals surface area contributed by atoms with E-state index in [1.807, 2.05) is 19.9 Å². The molecule has 2 saturated heterocycles. The summed E-state index contributed by atoms with van der Waals surface area (Å²) in [7, 11) is 1.61. The van der Waals surface area contributed by atoms with Crippen molar-refractivity contribution in [3.8, 4) is 0 Å². The molecule has 0 spiro atoms. The van der Waals surface area contributed by atoms with Gasteiger partial charge in [0, 0.05) is 63.5 Å². The summed E-state index contributed by atoms with van der Waals surface area (Å²) in [5, 5.41) is 6.25. The van der Waals surface area contributed by atoms with Gasteiger partial charge in [-0.25, -0.2) is 18.6 Å². The standard InChI is InChI=1S/C26H31F2N7O2/c1-16-15-34(4-5-35(16)26(36)29-3)25-17(2)24(23-21(28)10-18(27)11-22(23)32-25)31-19-12-20(14-30-13-19)33-6-8-37-9-7-33/h10-14,16H,4-9,15H2,1-3H3,(H,29,36)(H,31,32)/t16-/m0/s1. The average molecular weight is 512 g/mol. The molecule has 5 rings (SSSR count). The molecule has 4 heterocycles. The van der Waals surface area contributed by atoms with Gasteiger partial charge in [-0.1, -0.05) is 0 Å². The van der Waals surface area contributed by atoms with Crippen molar-refractivity contribution in [2.45, 2.75) is 19.9 Å². The van der Waals surface area contributed by atoms with Crippen molar-refractivity contribution < 1.29 is 18.3 Å². The first-order valence-corrected chi connectivity index (χ1v) is 12.4. The van der Waals surface area contributed by atoms with Crippen LogP contribution in [0.3, 0.4) is 0 Å². The summed E-state index contributed by atoms with van der Waals surface area (Å²) in [5.41, 5.74) is 3.09. The van der Waals surface area contributed by atoms with Crippen LogP contribution >= 0.6 is 0 Å². The highest BCUT2D eigenvalue weighted by Gasteiger charge is 2.29. The van der Waals surface area contributed by atoms with Crippen molar-refractivity contribution in [2.24, 2.45) is 0 Å². The minimum absolute atomic E-state index is 0.0688. The van der Waals surface area contributed by atoms with Crippen LogP contribution in [0.5, 0.6) is 0 Å². The number of morpholine rings is 1. The molecule has 2 aliphatic heterocycles. The van der Waals surface area contributed by atoms with Gasteiger partial charge in [0.2, 0.25) is 0 Å². The molecule has 2 aromatic heterocycles. The first kappa shape index (κ1) is 24.9. The van der Waals surface area contributed by atoms with Crippen LogP contribution in [0.15, 0.2) is 30.6 Å². The number of rotatable bonds is 4. The monoisotopic (exact) mass is 511 g/mol. The zero-order chi connectivity index (χ0) is 26.1. The molecule has 3 aromatic rings. The van der Waals surface area contributed by atoms with Crippen LogP contribution in [-0.4, -0.2) is 79.9 Å². The Morgan fingerprint density at radius 3 is 2.59 bits per heavy atom. The van der Waals surface area contributed by atoms with Gasteiger partial charge in [-0.15, -0.1) is 0 Å². The summed E-state index contributed by atoms with van der Waals surface area (Å²) in [5.74, 6) is -0.748. The van der Waals surface area contributed by atoms with E-state index < -0.39 is 11.6 Å². The molecule has 0 radical (unpaired) electrons. The number of aromatic nitrogens is 2. The van der Waals surface area contributed by atoms with Crippen molar-refractivity contribution >= 4 is 39.8 Å². The summed E-state index contributed by atoms with van der Waals surface area (Å²) in [4.78, 5) is 27.3.